The van der Waals surface area contributed by atoms with Gasteiger partial charge in [-0.25, -0.2) is 14.5 Å². The molecule has 0 bridgehead atoms. The zero-order valence-corrected chi connectivity index (χ0v) is 16.2. The summed E-state index contributed by atoms with van der Waals surface area (Å²) in [6.45, 7) is 1.29. The number of carboxylic acids is 1. The third kappa shape index (κ3) is 3.15. The van der Waals surface area contributed by atoms with E-state index in [4.69, 9.17) is 5.10 Å². The van der Waals surface area contributed by atoms with Gasteiger partial charge in [0.15, 0.2) is 11.3 Å². The molecule has 1 saturated carbocycles. The summed E-state index contributed by atoms with van der Waals surface area (Å²) in [5, 5.41) is 25.8. The number of aromatic nitrogens is 3. The summed E-state index contributed by atoms with van der Waals surface area (Å²) < 4.78 is 1.78. The Balaban J connectivity index is 1.78. The van der Waals surface area contributed by atoms with Crippen LogP contribution in [-0.2, 0) is 0 Å². The molecule has 2 aromatic heterocycles. The van der Waals surface area contributed by atoms with Crippen LogP contribution in [0.3, 0.4) is 0 Å². The molecule has 7 heteroatoms. The first kappa shape index (κ1) is 18.1. The van der Waals surface area contributed by atoms with E-state index in [1.54, 1.807) is 10.7 Å². The molecule has 1 aliphatic carbocycles. The molecule has 0 radical (unpaired) electrons. The Labute approximate surface area is 168 Å². The van der Waals surface area contributed by atoms with Crippen molar-refractivity contribution in [3.05, 3.63) is 47.8 Å². The maximum Gasteiger partial charge on any atom is 0.354 e. The number of piperidine rings is 1. The summed E-state index contributed by atoms with van der Waals surface area (Å²) in [5.74, 6) is -0.690. The van der Waals surface area contributed by atoms with Gasteiger partial charge in [0.2, 0.25) is 0 Å². The highest BCUT2D eigenvalue weighted by Crippen LogP contribution is 2.43. The molecule has 2 aliphatic rings. The minimum absolute atomic E-state index is 0.00445. The second-order valence-electron chi connectivity index (χ2n) is 8.03. The quantitative estimate of drug-likeness (QED) is 0.708. The fourth-order valence-corrected chi connectivity index (χ4v) is 4.37. The van der Waals surface area contributed by atoms with Crippen molar-refractivity contribution in [2.45, 2.75) is 44.1 Å². The summed E-state index contributed by atoms with van der Waals surface area (Å²) in [4.78, 5) is 18.4. The van der Waals surface area contributed by atoms with Crippen LogP contribution in [0.2, 0.25) is 0 Å². The van der Waals surface area contributed by atoms with Crippen LogP contribution >= 0.6 is 0 Å². The average molecular weight is 392 g/mol. The zero-order valence-electron chi connectivity index (χ0n) is 16.2. The lowest BCUT2D eigenvalue weighted by Gasteiger charge is -2.33. The third-order valence-electron chi connectivity index (χ3n) is 6.09. The van der Waals surface area contributed by atoms with Gasteiger partial charge in [-0.05, 0) is 43.9 Å². The van der Waals surface area contributed by atoms with Gasteiger partial charge in [0.1, 0.15) is 0 Å². The summed E-state index contributed by atoms with van der Waals surface area (Å²) >= 11 is 0. The van der Waals surface area contributed by atoms with Crippen LogP contribution in [0.4, 0.5) is 5.69 Å². The number of hydrogen-bond donors (Lipinski definition) is 2. The molecule has 1 aliphatic heterocycles. The van der Waals surface area contributed by atoms with Crippen molar-refractivity contribution < 1.29 is 15.0 Å². The van der Waals surface area contributed by atoms with Gasteiger partial charge in [0.25, 0.3) is 0 Å². The predicted octanol–water partition coefficient (Wildman–Crippen LogP) is 3.35. The normalized spacial score (nSPS) is 20.0. The molecule has 0 spiro atoms. The molecular weight excluding hydrogens is 368 g/mol. The Morgan fingerprint density at radius 2 is 1.90 bits per heavy atom. The van der Waals surface area contributed by atoms with Crippen LogP contribution in [0.25, 0.3) is 16.7 Å². The molecule has 1 aromatic carbocycles. The summed E-state index contributed by atoms with van der Waals surface area (Å²) in [6, 6.07) is 11.4. The molecule has 1 saturated heterocycles. The molecule has 3 aromatic rings. The number of carbonyl (C=O) groups is 1. The topological polar surface area (TPSA) is 91.5 Å². The number of benzene rings is 1. The Morgan fingerprint density at radius 3 is 2.55 bits per heavy atom. The number of rotatable bonds is 4. The first-order valence-electron chi connectivity index (χ1n) is 10.3. The number of β-amino-alcohol motifs (C(OH)–C–C–N with tert-alkyl or cyclic N) is 1. The number of aliphatic hydroxyl groups excluding tert-OH is 1. The second kappa shape index (κ2) is 7.15. The maximum atomic E-state index is 11.8. The smallest absolute Gasteiger partial charge is 0.354 e. The van der Waals surface area contributed by atoms with E-state index in [-0.39, 0.29) is 5.69 Å². The highest BCUT2D eigenvalue weighted by molar-refractivity contribution is 5.98. The van der Waals surface area contributed by atoms with E-state index >= 15 is 0 Å². The molecule has 0 unspecified atom stereocenters. The van der Waals surface area contributed by atoms with E-state index in [2.05, 4.69) is 9.88 Å². The fourth-order valence-electron chi connectivity index (χ4n) is 4.37. The average Bonchev–Trinajstić information content (AvgIpc) is 3.06. The molecule has 29 heavy (non-hydrogen) atoms. The molecule has 3 heterocycles. The van der Waals surface area contributed by atoms with E-state index in [1.807, 2.05) is 30.3 Å². The number of nitrogens with zero attached hydrogens (tertiary/aromatic N) is 4. The molecule has 2 fully saturated rings. The number of anilines is 1. The monoisotopic (exact) mass is 392 g/mol. The van der Waals surface area contributed by atoms with Crippen LogP contribution in [0.15, 0.2) is 36.4 Å². The van der Waals surface area contributed by atoms with Crippen molar-refractivity contribution in [2.75, 3.05) is 18.0 Å². The van der Waals surface area contributed by atoms with Gasteiger partial charge in [-0.1, -0.05) is 24.6 Å². The standard InChI is InChI=1S/C22H24N4O3/c27-16-10-5-11-25(13-16)18-12-17(22(28)29)23-21-19(18)20(14-6-4-7-14)24-26(21)15-8-2-1-3-9-15/h1-3,8-9,12,14,16,27H,4-7,10-11,13H2,(H,28,29)/t16-/m1/s1. The highest BCUT2D eigenvalue weighted by atomic mass is 16.4. The van der Waals surface area contributed by atoms with Gasteiger partial charge in [-0.3, -0.25) is 0 Å². The first-order chi connectivity index (χ1) is 14.1. The molecule has 1 atom stereocenters. The Morgan fingerprint density at radius 1 is 1.10 bits per heavy atom. The Bertz CT molecular complexity index is 1060. The lowest BCUT2D eigenvalue weighted by molar-refractivity contribution is 0.0691. The van der Waals surface area contributed by atoms with Gasteiger partial charge in [0.05, 0.1) is 28.6 Å². The second-order valence-corrected chi connectivity index (χ2v) is 8.03. The number of fused-ring (bicyclic) bond motifs is 1. The molecule has 5 rings (SSSR count). The van der Waals surface area contributed by atoms with E-state index in [0.29, 0.717) is 18.1 Å². The SMILES string of the molecule is O=C(O)c1cc(N2CCC[C@@H](O)C2)c2c(C3CCC3)nn(-c3ccccc3)c2n1. The van der Waals surface area contributed by atoms with E-state index in [0.717, 1.165) is 54.7 Å². The van der Waals surface area contributed by atoms with Crippen molar-refractivity contribution in [1.29, 1.82) is 0 Å². The summed E-state index contributed by atoms with van der Waals surface area (Å²) in [6.07, 6.45) is 4.60. The Hall–Kier alpha value is -2.93. The highest BCUT2D eigenvalue weighted by Gasteiger charge is 2.31. The van der Waals surface area contributed by atoms with Crippen molar-refractivity contribution in [3.8, 4) is 5.69 Å². The number of carboxylic acid groups (broad SMARTS) is 1. The number of aliphatic hydroxyl groups is 1. The first-order valence-corrected chi connectivity index (χ1v) is 10.3. The molecular formula is C22H24N4O3. The number of para-hydroxylation sites is 1. The molecule has 150 valence electrons. The van der Waals surface area contributed by atoms with E-state index in [9.17, 15) is 15.0 Å². The minimum Gasteiger partial charge on any atom is -0.477 e. The zero-order chi connectivity index (χ0) is 20.0. The van der Waals surface area contributed by atoms with Gasteiger partial charge in [0, 0.05) is 19.0 Å². The van der Waals surface area contributed by atoms with Gasteiger partial charge in [-0.15, -0.1) is 0 Å². The number of aromatic carboxylic acids is 1. The van der Waals surface area contributed by atoms with Crippen molar-refractivity contribution in [1.82, 2.24) is 14.8 Å². The van der Waals surface area contributed by atoms with Crippen molar-refractivity contribution >= 4 is 22.7 Å². The van der Waals surface area contributed by atoms with Crippen LogP contribution in [0.5, 0.6) is 0 Å². The van der Waals surface area contributed by atoms with Gasteiger partial charge in [-0.2, -0.15) is 5.10 Å². The van der Waals surface area contributed by atoms with Crippen molar-refractivity contribution in [3.63, 3.8) is 0 Å². The summed E-state index contributed by atoms with van der Waals surface area (Å²) in [5.41, 5.74) is 3.27. The lowest BCUT2D eigenvalue weighted by Crippen LogP contribution is -2.38. The fraction of sp³-hybridized carbons (Fsp3) is 0.409. The predicted molar refractivity (Wildman–Crippen MR) is 110 cm³/mol. The maximum absolute atomic E-state index is 11.8. The van der Waals surface area contributed by atoms with Gasteiger partial charge < -0.3 is 15.1 Å². The number of hydrogen-bond acceptors (Lipinski definition) is 5. The van der Waals surface area contributed by atoms with E-state index < -0.39 is 12.1 Å². The number of pyridine rings is 1. The minimum atomic E-state index is -1.06. The summed E-state index contributed by atoms with van der Waals surface area (Å²) in [7, 11) is 0. The Kier molecular flexibility index (Phi) is 4.47. The largest absolute Gasteiger partial charge is 0.477 e. The van der Waals surface area contributed by atoms with Crippen LogP contribution < -0.4 is 4.90 Å². The van der Waals surface area contributed by atoms with Crippen molar-refractivity contribution in [2.24, 2.45) is 0 Å². The lowest BCUT2D eigenvalue weighted by atomic mass is 9.82. The third-order valence-corrected chi connectivity index (χ3v) is 6.09. The van der Waals surface area contributed by atoms with Crippen LogP contribution in [0, 0.1) is 0 Å². The van der Waals surface area contributed by atoms with Gasteiger partial charge >= 0.3 is 5.97 Å². The molecule has 0 amide bonds. The van der Waals surface area contributed by atoms with E-state index in [1.165, 1.54) is 6.42 Å². The van der Waals surface area contributed by atoms with Crippen LogP contribution in [-0.4, -0.2) is 50.1 Å². The molecule has 7 nitrogen and oxygen atoms in total. The van der Waals surface area contributed by atoms with Crippen LogP contribution in [0.1, 0.15) is 54.2 Å². The molecule has 2 N–H and O–H groups in total.